The van der Waals surface area contributed by atoms with Crippen LogP contribution >= 0.6 is 11.8 Å². The van der Waals surface area contributed by atoms with E-state index in [9.17, 15) is 0 Å². The lowest BCUT2D eigenvalue weighted by Crippen LogP contribution is -2.09. The molecule has 0 atom stereocenters. The molecule has 27 heavy (non-hydrogen) atoms. The number of nitrogens with zero attached hydrogens (tertiary/aromatic N) is 3. The van der Waals surface area contributed by atoms with Crippen LogP contribution in [0, 0.1) is 13.8 Å². The molecule has 0 fully saturated rings. The number of hydrogen-bond acceptors (Lipinski definition) is 7. The molecule has 0 spiro atoms. The zero-order valence-corrected chi connectivity index (χ0v) is 17.1. The summed E-state index contributed by atoms with van der Waals surface area (Å²) in [6.07, 6.45) is 1.52. The van der Waals surface area contributed by atoms with E-state index in [0.717, 1.165) is 32.9 Å². The highest BCUT2D eigenvalue weighted by Gasteiger charge is 2.19. The number of thioether (sulfide) groups is 1. The van der Waals surface area contributed by atoms with Gasteiger partial charge in [-0.2, -0.15) is 5.10 Å². The maximum Gasteiger partial charge on any atom is 0.156 e. The Kier molecular flexibility index (Phi) is 5.57. The Morgan fingerprint density at radius 1 is 1.19 bits per heavy atom. The summed E-state index contributed by atoms with van der Waals surface area (Å²) in [5.41, 5.74) is 2.83. The van der Waals surface area contributed by atoms with Gasteiger partial charge in [0.2, 0.25) is 0 Å². The Bertz CT molecular complexity index is 949. The summed E-state index contributed by atoms with van der Waals surface area (Å²) in [6, 6.07) is 3.93. The van der Waals surface area contributed by atoms with E-state index in [1.54, 1.807) is 11.8 Å². The number of aryl methyl sites for hydroxylation is 1. The minimum absolute atomic E-state index is 0.00409. The maximum absolute atomic E-state index is 9.12. The van der Waals surface area contributed by atoms with Crippen molar-refractivity contribution < 1.29 is 9.84 Å². The largest absolute Gasteiger partial charge is 0.490 e. The third-order valence-corrected chi connectivity index (χ3v) is 5.11. The van der Waals surface area contributed by atoms with Crippen molar-refractivity contribution in [2.24, 2.45) is 0 Å². The number of aromatic nitrogens is 4. The molecule has 2 heterocycles. The molecule has 2 aromatic heterocycles. The first kappa shape index (κ1) is 19.4. The molecule has 7 nitrogen and oxygen atoms in total. The number of rotatable bonds is 6. The smallest absolute Gasteiger partial charge is 0.156 e. The van der Waals surface area contributed by atoms with Gasteiger partial charge in [-0.3, -0.25) is 5.10 Å². The van der Waals surface area contributed by atoms with E-state index in [1.165, 1.54) is 6.33 Å². The standard InChI is InChI=1S/C19H25N5O2S/c1-11-12(2)23-24-17(11)22-18-13-8-16(27-19(3,4)5)15(26-7-6-25)9-14(13)20-10-21-18/h8-10,25H,6-7H2,1-5H3,(H2,20,21,22,23,24). The topological polar surface area (TPSA) is 96.0 Å². The molecule has 0 aliphatic heterocycles. The summed E-state index contributed by atoms with van der Waals surface area (Å²) in [6.45, 7) is 10.6. The van der Waals surface area contributed by atoms with Gasteiger partial charge >= 0.3 is 0 Å². The quantitative estimate of drug-likeness (QED) is 0.551. The van der Waals surface area contributed by atoms with E-state index in [-0.39, 0.29) is 18.0 Å². The monoisotopic (exact) mass is 387 g/mol. The second-order valence-corrected chi connectivity index (χ2v) is 9.14. The van der Waals surface area contributed by atoms with Gasteiger partial charge < -0.3 is 15.2 Å². The van der Waals surface area contributed by atoms with Crippen molar-refractivity contribution in [3.05, 3.63) is 29.7 Å². The SMILES string of the molecule is Cc1[nH]nc(Nc2ncnc3cc(OCCO)c(SC(C)(C)C)cc23)c1C. The molecule has 3 rings (SSSR count). The number of aliphatic hydroxyl groups is 1. The van der Waals surface area contributed by atoms with E-state index in [0.29, 0.717) is 11.6 Å². The number of H-pyrrole nitrogens is 1. The molecule has 8 heteroatoms. The summed E-state index contributed by atoms with van der Waals surface area (Å²) < 4.78 is 5.76. The van der Waals surface area contributed by atoms with Gasteiger partial charge in [0.25, 0.3) is 0 Å². The summed E-state index contributed by atoms with van der Waals surface area (Å²) in [5, 5.41) is 20.6. The second-order valence-electron chi connectivity index (χ2n) is 7.27. The van der Waals surface area contributed by atoms with Crippen LogP contribution in [0.2, 0.25) is 0 Å². The first-order valence-electron chi connectivity index (χ1n) is 8.78. The molecular weight excluding hydrogens is 362 g/mol. The highest BCUT2D eigenvalue weighted by Crippen LogP contribution is 2.41. The fourth-order valence-corrected chi connectivity index (χ4v) is 3.62. The maximum atomic E-state index is 9.12. The Hall–Kier alpha value is -2.32. The van der Waals surface area contributed by atoms with E-state index in [1.807, 2.05) is 26.0 Å². The molecule has 0 amide bonds. The van der Waals surface area contributed by atoms with Crippen LogP contribution in [0.4, 0.5) is 11.6 Å². The highest BCUT2D eigenvalue weighted by molar-refractivity contribution is 8.00. The van der Waals surface area contributed by atoms with Gasteiger partial charge in [0.05, 0.1) is 17.0 Å². The number of nitrogens with one attached hydrogen (secondary N) is 2. The first-order valence-corrected chi connectivity index (χ1v) is 9.60. The molecule has 0 aliphatic carbocycles. The van der Waals surface area contributed by atoms with Crippen molar-refractivity contribution in [3.8, 4) is 5.75 Å². The minimum Gasteiger partial charge on any atom is -0.490 e. The number of aliphatic hydroxyl groups excluding tert-OH is 1. The van der Waals surface area contributed by atoms with Crippen LogP contribution in [0.5, 0.6) is 5.75 Å². The van der Waals surface area contributed by atoms with Crippen molar-refractivity contribution in [1.82, 2.24) is 20.2 Å². The average Bonchev–Trinajstić information content (AvgIpc) is 2.91. The summed E-state index contributed by atoms with van der Waals surface area (Å²) >= 11 is 1.70. The van der Waals surface area contributed by atoms with E-state index >= 15 is 0 Å². The molecule has 3 N–H and O–H groups in total. The lowest BCUT2D eigenvalue weighted by Gasteiger charge is -2.21. The average molecular weight is 388 g/mol. The third kappa shape index (κ3) is 4.51. The van der Waals surface area contributed by atoms with Gasteiger partial charge in [-0.25, -0.2) is 9.97 Å². The molecule has 3 aromatic rings. The van der Waals surface area contributed by atoms with Crippen molar-refractivity contribution in [1.29, 1.82) is 0 Å². The van der Waals surface area contributed by atoms with Crippen LogP contribution in [-0.2, 0) is 0 Å². The number of fused-ring (bicyclic) bond motifs is 1. The normalized spacial score (nSPS) is 11.8. The van der Waals surface area contributed by atoms with Gasteiger partial charge in [0, 0.05) is 27.5 Å². The highest BCUT2D eigenvalue weighted by atomic mass is 32.2. The zero-order valence-electron chi connectivity index (χ0n) is 16.3. The fourth-order valence-electron chi connectivity index (χ4n) is 2.56. The Balaban J connectivity index is 2.07. The predicted molar refractivity (Wildman–Crippen MR) is 109 cm³/mol. The minimum atomic E-state index is -0.0357. The Morgan fingerprint density at radius 3 is 2.59 bits per heavy atom. The Morgan fingerprint density at radius 2 is 1.96 bits per heavy atom. The summed E-state index contributed by atoms with van der Waals surface area (Å²) in [4.78, 5) is 9.78. The Labute approximate surface area is 163 Å². The zero-order chi connectivity index (χ0) is 19.6. The third-order valence-electron chi connectivity index (χ3n) is 3.96. The van der Waals surface area contributed by atoms with Gasteiger partial charge in [-0.05, 0) is 19.9 Å². The fraction of sp³-hybridized carbons (Fsp3) is 0.421. The van der Waals surface area contributed by atoms with Crippen molar-refractivity contribution >= 4 is 34.3 Å². The summed E-state index contributed by atoms with van der Waals surface area (Å²) in [7, 11) is 0. The van der Waals surface area contributed by atoms with Crippen molar-refractivity contribution in [2.45, 2.75) is 44.3 Å². The number of benzene rings is 1. The molecule has 0 saturated carbocycles. The van der Waals surface area contributed by atoms with Crippen LogP contribution in [0.3, 0.4) is 0 Å². The molecule has 0 saturated heterocycles. The number of hydrogen-bond donors (Lipinski definition) is 3. The van der Waals surface area contributed by atoms with Crippen LogP contribution in [0.15, 0.2) is 23.4 Å². The van der Waals surface area contributed by atoms with Crippen LogP contribution in [-0.4, -0.2) is 43.2 Å². The van der Waals surface area contributed by atoms with Crippen LogP contribution in [0.1, 0.15) is 32.0 Å². The summed E-state index contributed by atoms with van der Waals surface area (Å²) in [5.74, 6) is 2.16. The van der Waals surface area contributed by atoms with Gasteiger partial charge in [0.15, 0.2) is 5.82 Å². The molecular formula is C19H25N5O2S. The molecule has 1 aromatic carbocycles. The molecule has 0 aliphatic rings. The molecule has 0 unspecified atom stereocenters. The lowest BCUT2D eigenvalue weighted by molar-refractivity contribution is 0.199. The number of aromatic amines is 1. The molecule has 0 bridgehead atoms. The van der Waals surface area contributed by atoms with Crippen molar-refractivity contribution in [2.75, 3.05) is 18.5 Å². The van der Waals surface area contributed by atoms with Gasteiger partial charge in [-0.1, -0.05) is 20.8 Å². The molecule has 0 radical (unpaired) electrons. The van der Waals surface area contributed by atoms with Crippen LogP contribution < -0.4 is 10.1 Å². The number of anilines is 2. The second kappa shape index (κ2) is 7.74. The van der Waals surface area contributed by atoms with Gasteiger partial charge in [-0.15, -0.1) is 11.8 Å². The van der Waals surface area contributed by atoms with E-state index in [2.05, 4.69) is 46.3 Å². The van der Waals surface area contributed by atoms with Crippen molar-refractivity contribution in [3.63, 3.8) is 0 Å². The number of ether oxygens (including phenoxy) is 1. The predicted octanol–water partition coefficient (Wildman–Crippen LogP) is 3.98. The van der Waals surface area contributed by atoms with E-state index < -0.39 is 0 Å². The molecule has 144 valence electrons. The lowest BCUT2D eigenvalue weighted by atomic mass is 10.2. The van der Waals surface area contributed by atoms with Crippen LogP contribution in [0.25, 0.3) is 10.9 Å². The van der Waals surface area contributed by atoms with E-state index in [4.69, 9.17) is 9.84 Å². The van der Waals surface area contributed by atoms with Gasteiger partial charge in [0.1, 0.15) is 24.5 Å². The first-order chi connectivity index (χ1) is 12.8.